The summed E-state index contributed by atoms with van der Waals surface area (Å²) in [5.41, 5.74) is 5.50. The van der Waals surface area contributed by atoms with E-state index in [-0.39, 0.29) is 5.70 Å². The monoisotopic (exact) mass is 143 g/mol. The number of hydrogen-bond donors (Lipinski definition) is 1. The van der Waals surface area contributed by atoms with Crippen molar-refractivity contribution in [3.8, 4) is 0 Å². The fourth-order valence-electron chi connectivity index (χ4n) is 0.501. The number of rotatable bonds is 3. The molecule has 2 N–H and O–H groups in total. The maximum absolute atomic E-state index is 10.6. The van der Waals surface area contributed by atoms with Gasteiger partial charge in [0.05, 0.1) is 7.11 Å². The Hall–Kier alpha value is -0.990. The van der Waals surface area contributed by atoms with Gasteiger partial charge < -0.3 is 10.5 Å². The van der Waals surface area contributed by atoms with Crippen molar-refractivity contribution >= 4 is 5.97 Å². The highest BCUT2D eigenvalue weighted by Crippen LogP contribution is 1.93. The average molecular weight is 143 g/mol. The van der Waals surface area contributed by atoms with Gasteiger partial charge in [0, 0.05) is 0 Å². The van der Waals surface area contributed by atoms with Crippen LogP contribution in [0.2, 0.25) is 0 Å². The normalized spacial score (nSPS) is 11.2. The first-order valence-corrected chi connectivity index (χ1v) is 3.26. The van der Waals surface area contributed by atoms with Gasteiger partial charge in [-0.2, -0.15) is 0 Å². The molecule has 0 unspecified atom stereocenters. The zero-order valence-corrected chi connectivity index (χ0v) is 6.39. The van der Waals surface area contributed by atoms with E-state index in [1.807, 2.05) is 6.92 Å². The number of allylic oxidation sites excluding steroid dienone is 1. The van der Waals surface area contributed by atoms with Gasteiger partial charge in [0.2, 0.25) is 0 Å². The minimum atomic E-state index is -0.451. The predicted molar refractivity (Wildman–Crippen MR) is 39.2 cm³/mol. The number of hydrogen-bond acceptors (Lipinski definition) is 3. The minimum absolute atomic E-state index is 0.198. The van der Waals surface area contributed by atoms with Crippen LogP contribution in [-0.2, 0) is 9.53 Å². The lowest BCUT2D eigenvalue weighted by molar-refractivity contribution is -0.136. The second-order valence-corrected chi connectivity index (χ2v) is 1.94. The Bertz CT molecular complexity index is 141. The number of ether oxygens (including phenoxy) is 1. The van der Waals surface area contributed by atoms with Crippen molar-refractivity contribution in [3.63, 3.8) is 0 Å². The van der Waals surface area contributed by atoms with E-state index < -0.39 is 5.97 Å². The van der Waals surface area contributed by atoms with Gasteiger partial charge >= 0.3 is 5.97 Å². The molecule has 0 bridgehead atoms. The summed E-state index contributed by atoms with van der Waals surface area (Å²) < 4.78 is 4.38. The number of methoxy groups -OCH3 is 1. The van der Waals surface area contributed by atoms with Gasteiger partial charge in [-0.15, -0.1) is 0 Å². The molecule has 0 aliphatic carbocycles. The molecule has 0 fully saturated rings. The van der Waals surface area contributed by atoms with E-state index in [0.29, 0.717) is 0 Å². The van der Waals surface area contributed by atoms with Crippen molar-refractivity contribution in [1.82, 2.24) is 0 Å². The molecule has 0 rings (SSSR count). The lowest BCUT2D eigenvalue weighted by Gasteiger charge is -1.96. The SMILES string of the molecule is CCC/C=C(/N)C(=O)OC. The molecule has 10 heavy (non-hydrogen) atoms. The smallest absolute Gasteiger partial charge is 0.353 e. The Morgan fingerprint density at radius 1 is 1.70 bits per heavy atom. The van der Waals surface area contributed by atoms with E-state index in [2.05, 4.69) is 4.74 Å². The van der Waals surface area contributed by atoms with Crippen LogP contribution in [0, 0.1) is 0 Å². The quantitative estimate of drug-likeness (QED) is 0.469. The highest BCUT2D eigenvalue weighted by molar-refractivity contribution is 5.87. The van der Waals surface area contributed by atoms with Crippen LogP contribution in [0.5, 0.6) is 0 Å². The third-order valence-corrected chi connectivity index (χ3v) is 1.07. The van der Waals surface area contributed by atoms with Crippen molar-refractivity contribution in [3.05, 3.63) is 11.8 Å². The average Bonchev–Trinajstić information content (AvgIpc) is 1.98. The summed E-state index contributed by atoms with van der Waals surface area (Å²) in [6.07, 6.45) is 3.48. The van der Waals surface area contributed by atoms with Gasteiger partial charge in [0.25, 0.3) is 0 Å². The zero-order valence-electron chi connectivity index (χ0n) is 6.39. The summed E-state index contributed by atoms with van der Waals surface area (Å²) in [6, 6.07) is 0. The zero-order chi connectivity index (χ0) is 7.98. The van der Waals surface area contributed by atoms with E-state index >= 15 is 0 Å². The molecule has 0 amide bonds. The van der Waals surface area contributed by atoms with Crippen LogP contribution in [0.25, 0.3) is 0 Å². The summed E-state index contributed by atoms with van der Waals surface area (Å²) in [5, 5.41) is 0. The lowest BCUT2D eigenvalue weighted by Crippen LogP contribution is -2.12. The maximum Gasteiger partial charge on any atom is 0.353 e. The third kappa shape index (κ3) is 3.12. The van der Waals surface area contributed by atoms with Crippen molar-refractivity contribution in [1.29, 1.82) is 0 Å². The van der Waals surface area contributed by atoms with Crippen LogP contribution >= 0.6 is 0 Å². The van der Waals surface area contributed by atoms with Crippen molar-refractivity contribution in [2.45, 2.75) is 19.8 Å². The summed E-state index contributed by atoms with van der Waals surface area (Å²) >= 11 is 0. The van der Waals surface area contributed by atoms with Crippen molar-refractivity contribution in [2.24, 2.45) is 5.73 Å². The molecule has 0 saturated heterocycles. The first-order chi connectivity index (χ1) is 4.72. The Morgan fingerprint density at radius 3 is 2.70 bits per heavy atom. The Kier molecular flexibility index (Phi) is 4.37. The fraction of sp³-hybridized carbons (Fsp3) is 0.571. The molecular formula is C7H13NO2. The molecule has 58 valence electrons. The van der Waals surface area contributed by atoms with Gasteiger partial charge in [-0.3, -0.25) is 0 Å². The Morgan fingerprint density at radius 2 is 2.30 bits per heavy atom. The number of nitrogens with two attached hydrogens (primary N) is 1. The van der Waals surface area contributed by atoms with Crippen LogP contribution in [0.15, 0.2) is 11.8 Å². The van der Waals surface area contributed by atoms with Gasteiger partial charge in [0.1, 0.15) is 5.70 Å². The van der Waals surface area contributed by atoms with E-state index in [9.17, 15) is 4.79 Å². The second kappa shape index (κ2) is 4.85. The Labute approximate surface area is 60.9 Å². The standard InChI is InChI=1S/C7H13NO2/c1-3-4-5-6(8)7(9)10-2/h5H,3-4,8H2,1-2H3/b6-5+. The van der Waals surface area contributed by atoms with E-state index in [0.717, 1.165) is 12.8 Å². The number of carbonyl (C=O) groups is 1. The summed E-state index contributed by atoms with van der Waals surface area (Å²) in [5.74, 6) is -0.451. The highest BCUT2D eigenvalue weighted by Gasteiger charge is 2.01. The van der Waals surface area contributed by atoms with Gasteiger partial charge in [0.15, 0.2) is 0 Å². The largest absolute Gasteiger partial charge is 0.464 e. The highest BCUT2D eigenvalue weighted by atomic mass is 16.5. The number of esters is 1. The molecule has 0 saturated carbocycles. The van der Waals surface area contributed by atoms with E-state index in [1.54, 1.807) is 6.08 Å². The van der Waals surface area contributed by atoms with Crippen LogP contribution in [0.1, 0.15) is 19.8 Å². The molecular weight excluding hydrogens is 130 g/mol. The molecule has 3 heteroatoms. The molecule has 0 aromatic heterocycles. The molecule has 0 atom stereocenters. The molecule has 0 heterocycles. The van der Waals surface area contributed by atoms with Gasteiger partial charge in [-0.1, -0.05) is 19.4 Å². The first kappa shape index (κ1) is 9.01. The van der Waals surface area contributed by atoms with Gasteiger partial charge in [-0.05, 0) is 6.42 Å². The molecule has 3 nitrogen and oxygen atoms in total. The number of unbranched alkanes of at least 4 members (excludes halogenated alkanes) is 1. The fourth-order valence-corrected chi connectivity index (χ4v) is 0.501. The van der Waals surface area contributed by atoms with Gasteiger partial charge in [-0.25, -0.2) is 4.79 Å². The lowest BCUT2D eigenvalue weighted by atomic mass is 10.3. The van der Waals surface area contributed by atoms with E-state index in [4.69, 9.17) is 5.73 Å². The maximum atomic E-state index is 10.6. The summed E-state index contributed by atoms with van der Waals surface area (Å²) in [7, 11) is 1.31. The third-order valence-electron chi connectivity index (χ3n) is 1.07. The minimum Gasteiger partial charge on any atom is -0.464 e. The molecule has 0 spiro atoms. The van der Waals surface area contributed by atoms with E-state index in [1.165, 1.54) is 7.11 Å². The topological polar surface area (TPSA) is 52.3 Å². The molecule has 0 aliphatic heterocycles. The molecule has 0 aromatic carbocycles. The van der Waals surface area contributed by atoms with Crippen molar-refractivity contribution in [2.75, 3.05) is 7.11 Å². The van der Waals surface area contributed by atoms with Crippen LogP contribution in [0.4, 0.5) is 0 Å². The summed E-state index contributed by atoms with van der Waals surface area (Å²) in [6.45, 7) is 2.01. The van der Waals surface area contributed by atoms with Crippen LogP contribution in [0.3, 0.4) is 0 Å². The molecule has 0 radical (unpaired) electrons. The predicted octanol–water partition coefficient (Wildman–Crippen LogP) is 0.802. The van der Waals surface area contributed by atoms with Crippen molar-refractivity contribution < 1.29 is 9.53 Å². The second-order valence-electron chi connectivity index (χ2n) is 1.94. The first-order valence-electron chi connectivity index (χ1n) is 3.26. The van der Waals surface area contributed by atoms with Crippen LogP contribution < -0.4 is 5.73 Å². The molecule has 0 aromatic rings. The Balaban J connectivity index is 3.80. The summed E-state index contributed by atoms with van der Waals surface area (Å²) in [4.78, 5) is 10.6. The number of carbonyl (C=O) groups excluding carboxylic acids is 1. The molecule has 0 aliphatic rings. The van der Waals surface area contributed by atoms with Crippen LogP contribution in [-0.4, -0.2) is 13.1 Å².